The number of imidazole rings is 1. The van der Waals surface area contributed by atoms with Crippen molar-refractivity contribution in [2.45, 2.75) is 6.92 Å². The van der Waals surface area contributed by atoms with Gasteiger partial charge in [-0.05, 0) is 13.0 Å². The number of rotatable bonds is 2. The third-order valence-corrected chi connectivity index (χ3v) is 3.79. The zero-order chi connectivity index (χ0) is 12.0. The highest BCUT2D eigenvalue weighted by molar-refractivity contribution is 7.19. The second-order valence-corrected chi connectivity index (χ2v) is 4.68. The molecule has 0 aliphatic carbocycles. The molecule has 2 N–H and O–H groups in total. The number of aryl methyl sites for hydroxylation is 1. The number of aromatic nitrogens is 3. The maximum atomic E-state index is 11.0. The van der Waals surface area contributed by atoms with Gasteiger partial charge in [-0.1, -0.05) is 11.3 Å². The van der Waals surface area contributed by atoms with Gasteiger partial charge in [-0.3, -0.25) is 4.40 Å². The summed E-state index contributed by atoms with van der Waals surface area (Å²) in [5.41, 5.74) is 2.56. The van der Waals surface area contributed by atoms with Crippen molar-refractivity contribution in [3.8, 4) is 11.3 Å². The van der Waals surface area contributed by atoms with Crippen LogP contribution in [0.4, 0.5) is 0 Å². The van der Waals surface area contributed by atoms with E-state index in [2.05, 4.69) is 9.97 Å². The summed E-state index contributed by atoms with van der Waals surface area (Å²) >= 11 is 1.19. The lowest BCUT2D eigenvalue weighted by Gasteiger charge is -1.91. The lowest BCUT2D eigenvalue weighted by molar-refractivity contribution is 0.0701. The van der Waals surface area contributed by atoms with Gasteiger partial charge in [0.25, 0.3) is 0 Å². The van der Waals surface area contributed by atoms with Gasteiger partial charge < -0.3 is 10.1 Å². The Bertz CT molecular complexity index is 694. The Labute approximate surface area is 100 Å². The van der Waals surface area contributed by atoms with Crippen molar-refractivity contribution in [2.24, 2.45) is 0 Å². The number of H-pyrrole nitrogens is 1. The van der Waals surface area contributed by atoms with Crippen LogP contribution in [0.5, 0.6) is 0 Å². The van der Waals surface area contributed by atoms with Crippen molar-refractivity contribution in [1.82, 2.24) is 14.4 Å². The first-order valence-corrected chi connectivity index (χ1v) is 5.83. The van der Waals surface area contributed by atoms with Gasteiger partial charge in [0.1, 0.15) is 4.88 Å². The third kappa shape index (κ3) is 1.45. The normalized spacial score (nSPS) is 11.1. The fourth-order valence-electron chi connectivity index (χ4n) is 1.77. The van der Waals surface area contributed by atoms with Gasteiger partial charge in [0.2, 0.25) is 0 Å². The highest BCUT2D eigenvalue weighted by Crippen LogP contribution is 2.26. The summed E-state index contributed by atoms with van der Waals surface area (Å²) in [6, 6.07) is 1.93. The monoisotopic (exact) mass is 247 g/mol. The molecule has 3 aromatic rings. The summed E-state index contributed by atoms with van der Waals surface area (Å²) < 4.78 is 1.82. The van der Waals surface area contributed by atoms with E-state index in [0.29, 0.717) is 15.5 Å². The largest absolute Gasteiger partial charge is 0.477 e. The van der Waals surface area contributed by atoms with E-state index in [1.54, 1.807) is 6.92 Å². The zero-order valence-electron chi connectivity index (χ0n) is 8.97. The maximum Gasteiger partial charge on any atom is 0.347 e. The molecule has 0 saturated heterocycles. The van der Waals surface area contributed by atoms with Crippen LogP contribution in [0.25, 0.3) is 16.2 Å². The van der Waals surface area contributed by atoms with E-state index in [4.69, 9.17) is 5.11 Å². The quantitative estimate of drug-likeness (QED) is 0.730. The molecule has 3 rings (SSSR count). The van der Waals surface area contributed by atoms with Gasteiger partial charge in [-0.2, -0.15) is 0 Å². The Morgan fingerprint density at radius 1 is 1.59 bits per heavy atom. The molecule has 0 spiro atoms. The molecule has 3 aromatic heterocycles. The first kappa shape index (κ1) is 10.1. The number of hydrogen-bond donors (Lipinski definition) is 2. The van der Waals surface area contributed by atoms with Crippen molar-refractivity contribution < 1.29 is 9.90 Å². The molecule has 0 radical (unpaired) electrons. The van der Waals surface area contributed by atoms with Crippen molar-refractivity contribution in [3.63, 3.8) is 0 Å². The van der Waals surface area contributed by atoms with Crippen LogP contribution in [0, 0.1) is 6.92 Å². The lowest BCUT2D eigenvalue weighted by Crippen LogP contribution is -1.96. The highest BCUT2D eigenvalue weighted by atomic mass is 32.1. The molecule has 3 heterocycles. The Morgan fingerprint density at radius 2 is 2.41 bits per heavy atom. The van der Waals surface area contributed by atoms with Gasteiger partial charge in [-0.25, -0.2) is 9.78 Å². The number of nitrogens with one attached hydrogen (secondary N) is 1. The minimum Gasteiger partial charge on any atom is -0.477 e. The number of hydrogen-bond acceptors (Lipinski definition) is 3. The molecular weight excluding hydrogens is 238 g/mol. The predicted octanol–water partition coefficient (Wildman–Crippen LogP) is 2.40. The van der Waals surface area contributed by atoms with Gasteiger partial charge >= 0.3 is 5.97 Å². The first-order valence-electron chi connectivity index (χ1n) is 5.02. The van der Waals surface area contributed by atoms with Gasteiger partial charge in [0.15, 0.2) is 4.96 Å². The molecule has 0 bridgehead atoms. The van der Waals surface area contributed by atoms with Crippen LogP contribution >= 0.6 is 11.3 Å². The zero-order valence-corrected chi connectivity index (χ0v) is 9.78. The number of carbonyl (C=O) groups is 1. The highest BCUT2D eigenvalue weighted by Gasteiger charge is 2.16. The number of carboxylic acid groups (broad SMARTS) is 1. The summed E-state index contributed by atoms with van der Waals surface area (Å²) in [7, 11) is 0. The molecule has 0 aliphatic rings. The van der Waals surface area contributed by atoms with Gasteiger partial charge in [0, 0.05) is 29.8 Å². The molecule has 6 heteroatoms. The van der Waals surface area contributed by atoms with Crippen LogP contribution < -0.4 is 0 Å². The first-order chi connectivity index (χ1) is 8.16. The van der Waals surface area contributed by atoms with E-state index in [1.807, 2.05) is 29.1 Å². The summed E-state index contributed by atoms with van der Waals surface area (Å²) in [6.45, 7) is 1.79. The summed E-state index contributed by atoms with van der Waals surface area (Å²) in [6.07, 6.45) is 5.55. The Balaban J connectivity index is 2.19. The predicted molar refractivity (Wildman–Crippen MR) is 64.6 cm³/mol. The van der Waals surface area contributed by atoms with E-state index in [9.17, 15) is 4.79 Å². The topological polar surface area (TPSA) is 70.4 Å². The van der Waals surface area contributed by atoms with E-state index < -0.39 is 5.97 Å². The number of fused-ring (bicyclic) bond motifs is 1. The van der Waals surface area contributed by atoms with Crippen LogP contribution in [-0.4, -0.2) is 25.4 Å². The average molecular weight is 247 g/mol. The molecule has 0 aromatic carbocycles. The third-order valence-electron chi connectivity index (χ3n) is 2.64. The van der Waals surface area contributed by atoms with Crippen LogP contribution in [0.3, 0.4) is 0 Å². The molecular formula is C11H9N3O2S. The summed E-state index contributed by atoms with van der Waals surface area (Å²) in [5.74, 6) is -0.902. The van der Waals surface area contributed by atoms with Crippen molar-refractivity contribution in [2.75, 3.05) is 0 Å². The molecule has 0 atom stereocenters. The number of thiazole rings is 1. The lowest BCUT2D eigenvalue weighted by atomic mass is 10.3. The number of carboxylic acids is 1. The molecule has 0 saturated carbocycles. The fraction of sp³-hybridized carbons (Fsp3) is 0.0909. The second-order valence-electron chi connectivity index (χ2n) is 3.70. The minimum absolute atomic E-state index is 0.341. The van der Waals surface area contributed by atoms with E-state index in [-0.39, 0.29) is 0 Å². The number of aromatic carboxylic acids is 1. The van der Waals surface area contributed by atoms with Crippen molar-refractivity contribution in [3.05, 3.63) is 35.2 Å². The number of aromatic amines is 1. The van der Waals surface area contributed by atoms with Gasteiger partial charge in [-0.15, -0.1) is 0 Å². The minimum atomic E-state index is -0.902. The van der Waals surface area contributed by atoms with Crippen molar-refractivity contribution >= 4 is 22.3 Å². The maximum absolute atomic E-state index is 11.0. The molecule has 17 heavy (non-hydrogen) atoms. The molecule has 0 amide bonds. The second kappa shape index (κ2) is 3.46. The van der Waals surface area contributed by atoms with Crippen LogP contribution in [0.15, 0.2) is 24.7 Å². The van der Waals surface area contributed by atoms with Gasteiger partial charge in [0.05, 0.1) is 5.69 Å². The Hall–Kier alpha value is -2.08. The van der Waals surface area contributed by atoms with E-state index in [0.717, 1.165) is 11.3 Å². The average Bonchev–Trinajstić information content (AvgIpc) is 2.94. The Kier molecular flexibility index (Phi) is 2.05. The van der Waals surface area contributed by atoms with E-state index >= 15 is 0 Å². The summed E-state index contributed by atoms with van der Waals surface area (Å²) in [4.78, 5) is 19.4. The standard InChI is InChI=1S/C11H9N3O2S/c1-6-9(10(15)16)17-11-13-8(5-14(6)11)7-2-3-12-4-7/h2-5,12H,1H3,(H,15,16). The molecule has 0 unspecified atom stereocenters. The molecule has 5 nitrogen and oxygen atoms in total. The SMILES string of the molecule is Cc1c(C(=O)O)sc2nc(-c3cc[nH]c3)cn12. The Morgan fingerprint density at radius 3 is 3.00 bits per heavy atom. The summed E-state index contributed by atoms with van der Waals surface area (Å²) in [5, 5.41) is 9.00. The molecule has 0 aliphatic heterocycles. The van der Waals surface area contributed by atoms with Crippen molar-refractivity contribution in [1.29, 1.82) is 0 Å². The van der Waals surface area contributed by atoms with Crippen LogP contribution in [0.1, 0.15) is 15.4 Å². The molecule has 0 fully saturated rings. The number of nitrogens with zero attached hydrogens (tertiary/aromatic N) is 2. The van der Waals surface area contributed by atoms with E-state index in [1.165, 1.54) is 11.3 Å². The molecule has 86 valence electrons. The smallest absolute Gasteiger partial charge is 0.347 e. The fourth-order valence-corrected chi connectivity index (χ4v) is 2.72. The van der Waals surface area contributed by atoms with Crippen LogP contribution in [0.2, 0.25) is 0 Å². The van der Waals surface area contributed by atoms with Crippen LogP contribution in [-0.2, 0) is 0 Å².